The van der Waals surface area contributed by atoms with Crippen molar-refractivity contribution in [3.8, 4) is 11.9 Å². The average molecular weight is 388 g/mol. The first-order chi connectivity index (χ1) is 13.8. The molecule has 2 fully saturated rings. The molecule has 1 aliphatic heterocycles. The largest absolute Gasteiger partial charge is 0.477 e. The second-order valence-electron chi connectivity index (χ2n) is 9.07. The second-order valence-corrected chi connectivity index (χ2v) is 9.07. The van der Waals surface area contributed by atoms with Gasteiger partial charge in [-0.25, -0.2) is 0 Å². The first-order valence-corrected chi connectivity index (χ1v) is 11.6. The Morgan fingerprint density at radius 3 is 2.36 bits per heavy atom. The number of rotatable bonds is 7. The topological polar surface area (TPSA) is 47.5 Å². The Morgan fingerprint density at radius 2 is 1.64 bits per heavy atom. The minimum atomic E-state index is 0.452. The Bertz CT molecular complexity index is 625. The molecule has 2 saturated carbocycles. The van der Waals surface area contributed by atoms with Crippen LogP contribution in [0.3, 0.4) is 0 Å². The molecule has 0 N–H and O–H groups in total. The third kappa shape index (κ3) is 5.16. The van der Waals surface area contributed by atoms with Gasteiger partial charge in [0.05, 0.1) is 25.0 Å². The lowest BCUT2D eigenvalue weighted by Gasteiger charge is -2.31. The summed E-state index contributed by atoms with van der Waals surface area (Å²) >= 11 is 0. The third-order valence-corrected chi connectivity index (χ3v) is 7.02. The molecule has 3 aliphatic rings. The summed E-state index contributed by atoms with van der Waals surface area (Å²) in [5, 5.41) is 0. The molecule has 5 heteroatoms. The highest BCUT2D eigenvalue weighted by molar-refractivity contribution is 5.34. The summed E-state index contributed by atoms with van der Waals surface area (Å²) in [4.78, 5) is 11.8. The molecule has 0 aromatic carbocycles. The fraction of sp³-hybridized carbons (Fsp3) is 0.826. The first-order valence-electron chi connectivity index (χ1n) is 11.6. The summed E-state index contributed by atoms with van der Waals surface area (Å²) in [5.41, 5.74) is 2.32. The zero-order valence-corrected chi connectivity index (χ0v) is 17.6. The molecule has 0 amide bonds. The Labute approximate surface area is 170 Å². The van der Waals surface area contributed by atoms with Crippen LogP contribution in [0.5, 0.6) is 11.9 Å². The SMILES string of the molecule is COc1nc2c(c(OCC3CCCCC3)n1)CN(CCC1CCCCC1)CC2. The van der Waals surface area contributed by atoms with Gasteiger partial charge in [-0.2, -0.15) is 9.97 Å². The van der Waals surface area contributed by atoms with E-state index in [4.69, 9.17) is 9.47 Å². The van der Waals surface area contributed by atoms with Crippen LogP contribution >= 0.6 is 0 Å². The number of ether oxygens (including phenoxy) is 2. The van der Waals surface area contributed by atoms with Gasteiger partial charge < -0.3 is 9.47 Å². The molecule has 4 rings (SSSR count). The van der Waals surface area contributed by atoms with Crippen molar-refractivity contribution in [1.82, 2.24) is 14.9 Å². The van der Waals surface area contributed by atoms with Crippen molar-refractivity contribution in [3.05, 3.63) is 11.3 Å². The molecule has 0 saturated heterocycles. The van der Waals surface area contributed by atoms with Crippen molar-refractivity contribution in [2.75, 3.05) is 26.8 Å². The van der Waals surface area contributed by atoms with E-state index in [1.54, 1.807) is 7.11 Å². The molecule has 0 radical (unpaired) electrons. The third-order valence-electron chi connectivity index (χ3n) is 7.02. The summed E-state index contributed by atoms with van der Waals surface area (Å²) < 4.78 is 11.6. The Kier molecular flexibility index (Phi) is 7.05. The fourth-order valence-corrected chi connectivity index (χ4v) is 5.21. The molecule has 0 spiro atoms. The lowest BCUT2D eigenvalue weighted by atomic mass is 9.87. The highest BCUT2D eigenvalue weighted by Gasteiger charge is 2.25. The molecule has 0 atom stereocenters. The van der Waals surface area contributed by atoms with Gasteiger partial charge in [-0.05, 0) is 37.6 Å². The molecule has 5 nitrogen and oxygen atoms in total. The molecule has 0 bridgehead atoms. The smallest absolute Gasteiger partial charge is 0.319 e. The number of nitrogens with zero attached hydrogens (tertiary/aromatic N) is 3. The van der Waals surface area contributed by atoms with Crippen LogP contribution in [0.2, 0.25) is 0 Å². The van der Waals surface area contributed by atoms with Crippen LogP contribution in [0.25, 0.3) is 0 Å². The highest BCUT2D eigenvalue weighted by atomic mass is 16.5. The van der Waals surface area contributed by atoms with Crippen molar-refractivity contribution < 1.29 is 9.47 Å². The zero-order chi connectivity index (χ0) is 19.2. The van der Waals surface area contributed by atoms with E-state index in [2.05, 4.69) is 14.9 Å². The van der Waals surface area contributed by atoms with Gasteiger partial charge in [0.1, 0.15) is 0 Å². The van der Waals surface area contributed by atoms with E-state index in [0.29, 0.717) is 11.9 Å². The van der Waals surface area contributed by atoms with Crippen LogP contribution in [-0.2, 0) is 13.0 Å². The van der Waals surface area contributed by atoms with E-state index in [1.165, 1.54) is 82.7 Å². The van der Waals surface area contributed by atoms with E-state index >= 15 is 0 Å². The Hall–Kier alpha value is -1.36. The lowest BCUT2D eigenvalue weighted by molar-refractivity contribution is 0.184. The minimum Gasteiger partial charge on any atom is -0.477 e. The van der Waals surface area contributed by atoms with Crippen LogP contribution in [0.15, 0.2) is 0 Å². The summed E-state index contributed by atoms with van der Waals surface area (Å²) in [6.45, 7) is 3.99. The number of hydrogen-bond acceptors (Lipinski definition) is 5. The number of hydrogen-bond donors (Lipinski definition) is 0. The van der Waals surface area contributed by atoms with Gasteiger partial charge in [0.25, 0.3) is 0 Å². The maximum Gasteiger partial charge on any atom is 0.319 e. The first kappa shape index (κ1) is 19.9. The van der Waals surface area contributed by atoms with E-state index in [-0.39, 0.29) is 0 Å². The van der Waals surface area contributed by atoms with Crippen molar-refractivity contribution >= 4 is 0 Å². The van der Waals surface area contributed by atoms with Gasteiger partial charge in [0, 0.05) is 19.5 Å². The maximum atomic E-state index is 6.27. The minimum absolute atomic E-state index is 0.452. The van der Waals surface area contributed by atoms with Gasteiger partial charge in [-0.15, -0.1) is 0 Å². The lowest BCUT2D eigenvalue weighted by Crippen LogP contribution is -2.33. The van der Waals surface area contributed by atoms with Crippen LogP contribution < -0.4 is 9.47 Å². The van der Waals surface area contributed by atoms with E-state index in [0.717, 1.165) is 43.6 Å². The standard InChI is InChI=1S/C23H37N3O2/c1-27-23-24-21-13-15-26(14-12-18-8-4-2-5-9-18)16-20(21)22(25-23)28-17-19-10-6-3-7-11-19/h18-19H,2-17H2,1H3. The number of aromatic nitrogens is 2. The van der Waals surface area contributed by atoms with Crippen molar-refractivity contribution in [1.29, 1.82) is 0 Å². The molecule has 156 valence electrons. The maximum absolute atomic E-state index is 6.27. The van der Waals surface area contributed by atoms with Gasteiger partial charge in [-0.1, -0.05) is 51.4 Å². The van der Waals surface area contributed by atoms with Gasteiger partial charge in [0.15, 0.2) is 0 Å². The van der Waals surface area contributed by atoms with Crippen molar-refractivity contribution in [2.45, 2.75) is 83.6 Å². The quantitative estimate of drug-likeness (QED) is 0.674. The van der Waals surface area contributed by atoms with Gasteiger partial charge in [0.2, 0.25) is 5.88 Å². The van der Waals surface area contributed by atoms with E-state index in [1.807, 2.05) is 0 Å². The summed E-state index contributed by atoms with van der Waals surface area (Å²) in [7, 11) is 1.64. The molecule has 0 unspecified atom stereocenters. The van der Waals surface area contributed by atoms with Crippen LogP contribution in [0.4, 0.5) is 0 Å². The number of fused-ring (bicyclic) bond motifs is 1. The predicted octanol–water partition coefficient (Wildman–Crippen LogP) is 4.77. The van der Waals surface area contributed by atoms with Crippen LogP contribution in [0.1, 0.15) is 81.9 Å². The second kappa shape index (κ2) is 9.91. The number of methoxy groups -OCH3 is 1. The Morgan fingerprint density at radius 1 is 0.929 bits per heavy atom. The fourth-order valence-electron chi connectivity index (χ4n) is 5.21. The van der Waals surface area contributed by atoms with E-state index in [9.17, 15) is 0 Å². The molecule has 1 aromatic rings. The van der Waals surface area contributed by atoms with Crippen molar-refractivity contribution in [2.24, 2.45) is 11.8 Å². The highest BCUT2D eigenvalue weighted by Crippen LogP contribution is 2.31. The summed E-state index contributed by atoms with van der Waals surface area (Å²) in [6, 6.07) is 0.452. The normalized spacial score (nSPS) is 22.0. The predicted molar refractivity (Wildman–Crippen MR) is 111 cm³/mol. The summed E-state index contributed by atoms with van der Waals surface area (Å²) in [6.07, 6.45) is 16.1. The molecular weight excluding hydrogens is 350 g/mol. The molecule has 1 aromatic heterocycles. The average Bonchev–Trinajstić information content (AvgIpc) is 2.77. The Balaban J connectivity index is 1.39. The van der Waals surface area contributed by atoms with Gasteiger partial charge >= 0.3 is 6.01 Å². The molecule has 28 heavy (non-hydrogen) atoms. The van der Waals surface area contributed by atoms with Crippen LogP contribution in [0, 0.1) is 11.8 Å². The van der Waals surface area contributed by atoms with Gasteiger partial charge in [-0.3, -0.25) is 4.90 Å². The van der Waals surface area contributed by atoms with E-state index < -0.39 is 0 Å². The summed E-state index contributed by atoms with van der Waals surface area (Å²) in [5.74, 6) is 2.38. The van der Waals surface area contributed by atoms with Crippen molar-refractivity contribution in [3.63, 3.8) is 0 Å². The molecule has 2 heterocycles. The monoisotopic (exact) mass is 387 g/mol. The van der Waals surface area contributed by atoms with Crippen LogP contribution in [-0.4, -0.2) is 41.7 Å². The molecule has 2 aliphatic carbocycles. The zero-order valence-electron chi connectivity index (χ0n) is 17.6. The molecular formula is C23H37N3O2.